The standard InChI is InChI=1S/C18H19N3O5/c1-12(17(22)20-15-4-3-5-16(10-15)21(24)25)19-11-13-6-8-14(9-7-13)18(23)26-2/h3-10,12,19H,11H2,1-2H3,(H,20,22)/t12-/m0/s1. The van der Waals surface area contributed by atoms with Crippen LogP contribution in [0.1, 0.15) is 22.8 Å². The molecule has 2 aromatic rings. The molecule has 2 N–H and O–H groups in total. The van der Waals surface area contributed by atoms with Gasteiger partial charge in [0.15, 0.2) is 0 Å². The molecular weight excluding hydrogens is 338 g/mol. The highest BCUT2D eigenvalue weighted by atomic mass is 16.6. The molecule has 0 fully saturated rings. The van der Waals surface area contributed by atoms with Crippen LogP contribution in [0.2, 0.25) is 0 Å². The highest BCUT2D eigenvalue weighted by Gasteiger charge is 2.14. The van der Waals surface area contributed by atoms with Gasteiger partial charge in [-0.3, -0.25) is 14.9 Å². The lowest BCUT2D eigenvalue weighted by Gasteiger charge is -2.14. The lowest BCUT2D eigenvalue weighted by Crippen LogP contribution is -2.37. The zero-order valence-corrected chi connectivity index (χ0v) is 14.4. The molecule has 8 heteroatoms. The summed E-state index contributed by atoms with van der Waals surface area (Å²) in [6, 6.07) is 12.1. The van der Waals surface area contributed by atoms with Crippen molar-refractivity contribution in [2.75, 3.05) is 12.4 Å². The molecule has 0 aliphatic rings. The molecule has 26 heavy (non-hydrogen) atoms. The summed E-state index contributed by atoms with van der Waals surface area (Å²) in [6.07, 6.45) is 0. The van der Waals surface area contributed by atoms with Crippen LogP contribution < -0.4 is 10.6 Å². The van der Waals surface area contributed by atoms with Gasteiger partial charge in [-0.05, 0) is 30.7 Å². The number of rotatable bonds is 7. The normalized spacial score (nSPS) is 11.5. The summed E-state index contributed by atoms with van der Waals surface area (Å²) >= 11 is 0. The van der Waals surface area contributed by atoms with E-state index in [0.29, 0.717) is 17.8 Å². The molecule has 8 nitrogen and oxygen atoms in total. The quantitative estimate of drug-likeness (QED) is 0.447. The number of nitrogens with zero attached hydrogens (tertiary/aromatic N) is 1. The molecule has 0 saturated heterocycles. The molecular formula is C18H19N3O5. The van der Waals surface area contributed by atoms with E-state index < -0.39 is 16.9 Å². The minimum atomic E-state index is -0.519. The molecule has 1 atom stereocenters. The van der Waals surface area contributed by atoms with Crippen LogP contribution in [0.15, 0.2) is 48.5 Å². The van der Waals surface area contributed by atoms with E-state index in [1.54, 1.807) is 37.3 Å². The van der Waals surface area contributed by atoms with Gasteiger partial charge < -0.3 is 15.4 Å². The fourth-order valence-electron chi connectivity index (χ4n) is 2.19. The molecule has 0 spiro atoms. The van der Waals surface area contributed by atoms with Crippen molar-refractivity contribution in [3.8, 4) is 0 Å². The van der Waals surface area contributed by atoms with Gasteiger partial charge in [0.1, 0.15) is 0 Å². The van der Waals surface area contributed by atoms with Crippen molar-refractivity contribution in [2.45, 2.75) is 19.5 Å². The Bertz CT molecular complexity index is 805. The minimum Gasteiger partial charge on any atom is -0.465 e. The number of anilines is 1. The molecule has 1 amide bonds. The van der Waals surface area contributed by atoms with Crippen LogP contribution in [0.3, 0.4) is 0 Å². The molecule has 136 valence electrons. The molecule has 2 rings (SSSR count). The minimum absolute atomic E-state index is 0.0888. The van der Waals surface area contributed by atoms with Crippen molar-refractivity contribution in [1.29, 1.82) is 0 Å². The average Bonchev–Trinajstić information content (AvgIpc) is 2.66. The van der Waals surface area contributed by atoms with E-state index in [9.17, 15) is 19.7 Å². The topological polar surface area (TPSA) is 111 Å². The molecule has 0 bridgehead atoms. The van der Waals surface area contributed by atoms with Crippen LogP contribution in [-0.4, -0.2) is 30.0 Å². The van der Waals surface area contributed by atoms with E-state index in [1.165, 1.54) is 25.3 Å². The van der Waals surface area contributed by atoms with Crippen molar-refractivity contribution in [3.05, 3.63) is 69.8 Å². The Kier molecular flexibility index (Phi) is 6.40. The smallest absolute Gasteiger partial charge is 0.337 e. The molecule has 0 radical (unpaired) electrons. The van der Waals surface area contributed by atoms with Crippen LogP contribution in [-0.2, 0) is 16.1 Å². The van der Waals surface area contributed by atoms with Gasteiger partial charge in [-0.25, -0.2) is 4.79 Å². The van der Waals surface area contributed by atoms with Gasteiger partial charge >= 0.3 is 5.97 Å². The Labute approximate surface area is 150 Å². The molecule has 2 aromatic carbocycles. The van der Waals surface area contributed by atoms with Gasteiger partial charge in [0.25, 0.3) is 5.69 Å². The van der Waals surface area contributed by atoms with Gasteiger partial charge in [0.2, 0.25) is 5.91 Å². The number of nitro benzene ring substituents is 1. The number of nitro groups is 1. The molecule has 0 heterocycles. The van der Waals surface area contributed by atoms with E-state index in [1.807, 2.05) is 0 Å². The van der Waals surface area contributed by atoms with Crippen LogP contribution in [0.25, 0.3) is 0 Å². The van der Waals surface area contributed by atoms with E-state index in [2.05, 4.69) is 15.4 Å². The van der Waals surface area contributed by atoms with Gasteiger partial charge in [0, 0.05) is 24.4 Å². The lowest BCUT2D eigenvalue weighted by molar-refractivity contribution is -0.384. The molecule has 0 aromatic heterocycles. The summed E-state index contributed by atoms with van der Waals surface area (Å²) in [5.41, 5.74) is 1.62. The molecule has 0 saturated carbocycles. The number of carbonyl (C=O) groups excluding carboxylic acids is 2. The number of benzene rings is 2. The molecule has 0 aliphatic heterocycles. The first-order valence-corrected chi connectivity index (χ1v) is 7.86. The van der Waals surface area contributed by atoms with Crippen molar-refractivity contribution < 1.29 is 19.2 Å². The summed E-state index contributed by atoms with van der Waals surface area (Å²) in [5.74, 6) is -0.717. The first kappa shape index (κ1) is 19.1. The fourth-order valence-corrected chi connectivity index (χ4v) is 2.19. The first-order valence-electron chi connectivity index (χ1n) is 7.86. The summed E-state index contributed by atoms with van der Waals surface area (Å²) in [6.45, 7) is 2.11. The predicted octanol–water partition coefficient (Wildman–Crippen LogP) is 2.50. The number of methoxy groups -OCH3 is 1. The average molecular weight is 357 g/mol. The fraction of sp³-hybridized carbons (Fsp3) is 0.222. The number of nitrogens with one attached hydrogen (secondary N) is 2. The van der Waals surface area contributed by atoms with Gasteiger partial charge in [-0.2, -0.15) is 0 Å². The van der Waals surface area contributed by atoms with Crippen LogP contribution in [0, 0.1) is 10.1 Å². The summed E-state index contributed by atoms with van der Waals surface area (Å²) < 4.78 is 4.64. The maximum Gasteiger partial charge on any atom is 0.337 e. The largest absolute Gasteiger partial charge is 0.465 e. The number of ether oxygens (including phenoxy) is 1. The van der Waals surface area contributed by atoms with Crippen LogP contribution in [0.4, 0.5) is 11.4 Å². The Hall–Kier alpha value is -3.26. The number of carbonyl (C=O) groups is 2. The van der Waals surface area contributed by atoms with E-state index in [0.717, 1.165) is 5.56 Å². The predicted molar refractivity (Wildman–Crippen MR) is 95.8 cm³/mol. The van der Waals surface area contributed by atoms with E-state index >= 15 is 0 Å². The zero-order chi connectivity index (χ0) is 19.1. The second-order valence-electron chi connectivity index (χ2n) is 5.59. The highest BCUT2D eigenvalue weighted by molar-refractivity contribution is 5.94. The third kappa shape index (κ3) is 5.12. The van der Waals surface area contributed by atoms with Crippen molar-refractivity contribution in [2.24, 2.45) is 0 Å². The van der Waals surface area contributed by atoms with Gasteiger partial charge in [0.05, 0.1) is 23.6 Å². The van der Waals surface area contributed by atoms with Crippen molar-refractivity contribution >= 4 is 23.3 Å². The highest BCUT2D eigenvalue weighted by Crippen LogP contribution is 2.17. The second kappa shape index (κ2) is 8.72. The maximum atomic E-state index is 12.2. The Morgan fingerprint density at radius 1 is 1.19 bits per heavy atom. The maximum absolute atomic E-state index is 12.2. The third-order valence-corrected chi connectivity index (χ3v) is 3.71. The monoisotopic (exact) mass is 357 g/mol. The van der Waals surface area contributed by atoms with Gasteiger partial charge in [-0.1, -0.05) is 18.2 Å². The molecule has 0 unspecified atom stereocenters. The van der Waals surface area contributed by atoms with E-state index in [-0.39, 0.29) is 11.6 Å². The lowest BCUT2D eigenvalue weighted by atomic mass is 10.1. The first-order chi connectivity index (χ1) is 12.4. The van der Waals surface area contributed by atoms with Crippen molar-refractivity contribution in [3.63, 3.8) is 0 Å². The summed E-state index contributed by atoms with van der Waals surface area (Å²) in [5, 5.41) is 16.5. The number of hydrogen-bond acceptors (Lipinski definition) is 6. The number of amides is 1. The Balaban J connectivity index is 1.90. The second-order valence-corrected chi connectivity index (χ2v) is 5.59. The zero-order valence-electron chi connectivity index (χ0n) is 14.4. The molecule has 0 aliphatic carbocycles. The summed E-state index contributed by atoms with van der Waals surface area (Å²) in [7, 11) is 1.32. The van der Waals surface area contributed by atoms with Crippen LogP contribution >= 0.6 is 0 Å². The SMILES string of the molecule is COC(=O)c1ccc(CN[C@@H](C)C(=O)Nc2cccc([N+](=O)[O-])c2)cc1. The number of esters is 1. The third-order valence-electron chi connectivity index (χ3n) is 3.71. The Morgan fingerprint density at radius 3 is 2.50 bits per heavy atom. The van der Waals surface area contributed by atoms with Crippen molar-refractivity contribution in [1.82, 2.24) is 5.32 Å². The number of non-ortho nitro benzene ring substituents is 1. The number of hydrogen-bond donors (Lipinski definition) is 2. The summed E-state index contributed by atoms with van der Waals surface area (Å²) in [4.78, 5) is 33.8. The van der Waals surface area contributed by atoms with Crippen LogP contribution in [0.5, 0.6) is 0 Å². The van der Waals surface area contributed by atoms with E-state index in [4.69, 9.17) is 0 Å². The Morgan fingerprint density at radius 2 is 1.88 bits per heavy atom. The van der Waals surface area contributed by atoms with Gasteiger partial charge in [-0.15, -0.1) is 0 Å².